The van der Waals surface area contributed by atoms with Crippen LogP contribution in [0.15, 0.2) is 18.2 Å². The maximum absolute atomic E-state index is 12.2. The highest BCUT2D eigenvalue weighted by Crippen LogP contribution is 2.26. The van der Waals surface area contributed by atoms with E-state index in [4.69, 9.17) is 9.47 Å². The van der Waals surface area contributed by atoms with Crippen molar-refractivity contribution in [2.24, 2.45) is 5.41 Å². The lowest BCUT2D eigenvalue weighted by atomic mass is 9.82. The number of fused-ring (bicyclic) bond motifs is 1. The van der Waals surface area contributed by atoms with E-state index in [2.05, 4.69) is 5.32 Å². The van der Waals surface area contributed by atoms with Crippen LogP contribution in [0.5, 0.6) is 5.75 Å². The van der Waals surface area contributed by atoms with E-state index in [1.54, 1.807) is 25.1 Å². The summed E-state index contributed by atoms with van der Waals surface area (Å²) in [6, 6.07) is 5.32. The number of benzene rings is 1. The van der Waals surface area contributed by atoms with Gasteiger partial charge in [0.15, 0.2) is 6.79 Å². The third kappa shape index (κ3) is 3.54. The van der Waals surface area contributed by atoms with E-state index < -0.39 is 6.10 Å². The Morgan fingerprint density at radius 2 is 2.29 bits per heavy atom. The zero-order valence-corrected chi connectivity index (χ0v) is 12.8. The standard InChI is InChI=1S/C16H23NO4/c1-4-16(3,11(2)18)9-17-15(19)12-5-6-14-13(7-12)8-20-10-21-14/h5-7,11,18H,4,8-10H2,1-3H3,(H,17,19). The van der Waals surface area contributed by atoms with E-state index in [1.807, 2.05) is 13.8 Å². The van der Waals surface area contributed by atoms with E-state index in [0.717, 1.165) is 17.7 Å². The molecule has 2 rings (SSSR count). The fourth-order valence-corrected chi connectivity index (χ4v) is 2.18. The monoisotopic (exact) mass is 293 g/mol. The van der Waals surface area contributed by atoms with Crippen LogP contribution in [0.4, 0.5) is 0 Å². The topological polar surface area (TPSA) is 67.8 Å². The second-order valence-corrected chi connectivity index (χ2v) is 5.80. The lowest BCUT2D eigenvalue weighted by Crippen LogP contribution is -2.41. The van der Waals surface area contributed by atoms with Crippen LogP contribution >= 0.6 is 0 Å². The molecule has 2 unspecified atom stereocenters. The van der Waals surface area contributed by atoms with Gasteiger partial charge in [0.05, 0.1) is 12.7 Å². The first-order valence-electron chi connectivity index (χ1n) is 7.26. The second-order valence-electron chi connectivity index (χ2n) is 5.80. The number of amides is 1. The van der Waals surface area contributed by atoms with E-state index in [0.29, 0.717) is 18.7 Å². The molecule has 2 atom stereocenters. The van der Waals surface area contributed by atoms with Crippen molar-refractivity contribution in [3.05, 3.63) is 29.3 Å². The van der Waals surface area contributed by atoms with E-state index in [1.165, 1.54) is 0 Å². The number of nitrogens with one attached hydrogen (secondary N) is 1. The summed E-state index contributed by atoms with van der Waals surface area (Å²) in [4.78, 5) is 12.2. The van der Waals surface area contributed by atoms with Gasteiger partial charge in [-0.3, -0.25) is 4.79 Å². The second kappa shape index (κ2) is 6.45. The number of hydrogen-bond donors (Lipinski definition) is 2. The molecule has 0 saturated carbocycles. The van der Waals surface area contributed by atoms with Gasteiger partial charge in [0.2, 0.25) is 0 Å². The van der Waals surface area contributed by atoms with Crippen LogP contribution in [-0.2, 0) is 11.3 Å². The summed E-state index contributed by atoms with van der Waals surface area (Å²) < 4.78 is 10.5. The molecule has 1 amide bonds. The first-order chi connectivity index (χ1) is 9.96. The molecule has 0 fully saturated rings. The van der Waals surface area contributed by atoms with Crippen LogP contribution in [0.2, 0.25) is 0 Å². The molecule has 116 valence electrons. The average Bonchev–Trinajstić information content (AvgIpc) is 2.51. The van der Waals surface area contributed by atoms with Gasteiger partial charge in [0, 0.05) is 23.1 Å². The molecule has 1 aromatic carbocycles. The largest absolute Gasteiger partial charge is 0.467 e. The number of ether oxygens (including phenoxy) is 2. The van der Waals surface area contributed by atoms with Gasteiger partial charge < -0.3 is 19.9 Å². The quantitative estimate of drug-likeness (QED) is 0.872. The van der Waals surface area contributed by atoms with Gasteiger partial charge in [-0.1, -0.05) is 13.8 Å². The third-order valence-corrected chi connectivity index (χ3v) is 4.35. The molecule has 0 saturated heterocycles. The Morgan fingerprint density at radius 1 is 1.52 bits per heavy atom. The molecular formula is C16H23NO4. The average molecular weight is 293 g/mol. The number of hydrogen-bond acceptors (Lipinski definition) is 4. The van der Waals surface area contributed by atoms with Crippen LogP contribution in [0.1, 0.15) is 43.1 Å². The minimum atomic E-state index is -0.479. The summed E-state index contributed by atoms with van der Waals surface area (Å²) in [5.74, 6) is 0.615. The van der Waals surface area contributed by atoms with Gasteiger partial charge in [0.25, 0.3) is 5.91 Å². The first kappa shape index (κ1) is 15.8. The van der Waals surface area contributed by atoms with Crippen molar-refractivity contribution < 1.29 is 19.4 Å². The smallest absolute Gasteiger partial charge is 0.251 e. The molecule has 0 bridgehead atoms. The number of carbonyl (C=O) groups is 1. The number of aliphatic hydroxyl groups is 1. The Morgan fingerprint density at radius 3 is 2.95 bits per heavy atom. The summed E-state index contributed by atoms with van der Waals surface area (Å²) in [6.45, 7) is 6.87. The maximum Gasteiger partial charge on any atom is 0.251 e. The van der Waals surface area contributed by atoms with Crippen molar-refractivity contribution in [3.63, 3.8) is 0 Å². The fourth-order valence-electron chi connectivity index (χ4n) is 2.18. The molecule has 21 heavy (non-hydrogen) atoms. The highest BCUT2D eigenvalue weighted by Gasteiger charge is 2.28. The first-order valence-corrected chi connectivity index (χ1v) is 7.26. The van der Waals surface area contributed by atoms with Crippen LogP contribution in [0.25, 0.3) is 0 Å². The van der Waals surface area contributed by atoms with Gasteiger partial charge in [-0.25, -0.2) is 0 Å². The van der Waals surface area contributed by atoms with Crippen molar-refractivity contribution >= 4 is 5.91 Å². The molecule has 1 aromatic rings. The number of carbonyl (C=O) groups excluding carboxylic acids is 1. The van der Waals surface area contributed by atoms with E-state index >= 15 is 0 Å². The van der Waals surface area contributed by atoms with Gasteiger partial charge in [0.1, 0.15) is 5.75 Å². The molecule has 1 aliphatic rings. The van der Waals surface area contributed by atoms with Crippen LogP contribution in [0.3, 0.4) is 0 Å². The summed E-state index contributed by atoms with van der Waals surface area (Å²) in [5.41, 5.74) is 1.13. The molecular weight excluding hydrogens is 270 g/mol. The van der Waals surface area contributed by atoms with Gasteiger partial charge >= 0.3 is 0 Å². The van der Waals surface area contributed by atoms with Crippen LogP contribution < -0.4 is 10.1 Å². The van der Waals surface area contributed by atoms with Crippen LogP contribution in [-0.4, -0.2) is 30.5 Å². The van der Waals surface area contributed by atoms with E-state index in [-0.39, 0.29) is 18.1 Å². The number of aliphatic hydroxyl groups excluding tert-OH is 1. The number of rotatable bonds is 5. The molecule has 5 nitrogen and oxygen atoms in total. The molecule has 1 heterocycles. The van der Waals surface area contributed by atoms with E-state index in [9.17, 15) is 9.90 Å². The molecule has 1 aliphatic heterocycles. The Hall–Kier alpha value is -1.59. The van der Waals surface area contributed by atoms with Crippen molar-refractivity contribution in [2.75, 3.05) is 13.3 Å². The summed E-state index contributed by atoms with van der Waals surface area (Å²) in [7, 11) is 0. The van der Waals surface area contributed by atoms with Gasteiger partial charge in [-0.15, -0.1) is 0 Å². The summed E-state index contributed by atoms with van der Waals surface area (Å²) in [6.07, 6.45) is 0.310. The minimum Gasteiger partial charge on any atom is -0.467 e. The summed E-state index contributed by atoms with van der Waals surface area (Å²) in [5, 5.41) is 12.7. The zero-order valence-electron chi connectivity index (χ0n) is 12.8. The lowest BCUT2D eigenvalue weighted by Gasteiger charge is -2.31. The molecule has 0 radical (unpaired) electrons. The van der Waals surface area contributed by atoms with Gasteiger partial charge in [-0.2, -0.15) is 0 Å². The highest BCUT2D eigenvalue weighted by atomic mass is 16.7. The van der Waals surface area contributed by atoms with Crippen molar-refractivity contribution in [3.8, 4) is 5.75 Å². The highest BCUT2D eigenvalue weighted by molar-refractivity contribution is 5.94. The fraction of sp³-hybridized carbons (Fsp3) is 0.562. The summed E-state index contributed by atoms with van der Waals surface area (Å²) >= 11 is 0. The van der Waals surface area contributed by atoms with Gasteiger partial charge in [-0.05, 0) is 31.5 Å². The van der Waals surface area contributed by atoms with Crippen molar-refractivity contribution in [1.29, 1.82) is 0 Å². The predicted molar refractivity (Wildman–Crippen MR) is 79.1 cm³/mol. The Bertz CT molecular complexity index is 515. The van der Waals surface area contributed by atoms with Crippen molar-refractivity contribution in [2.45, 2.75) is 39.9 Å². The normalized spacial score (nSPS) is 18.1. The molecule has 0 aromatic heterocycles. The third-order valence-electron chi connectivity index (χ3n) is 4.35. The lowest BCUT2D eigenvalue weighted by molar-refractivity contribution is -0.0163. The predicted octanol–water partition coefficient (Wildman–Crippen LogP) is 2.08. The Labute approximate surface area is 125 Å². The molecule has 0 aliphatic carbocycles. The van der Waals surface area contributed by atoms with Crippen molar-refractivity contribution in [1.82, 2.24) is 5.32 Å². The molecule has 2 N–H and O–H groups in total. The Kier molecular flexibility index (Phi) is 4.85. The van der Waals surface area contributed by atoms with Crippen LogP contribution in [0, 0.1) is 5.41 Å². The molecule has 5 heteroatoms. The maximum atomic E-state index is 12.2. The minimum absolute atomic E-state index is 0.149. The molecule has 0 spiro atoms. The Balaban J connectivity index is 2.04. The zero-order chi connectivity index (χ0) is 15.5. The SMILES string of the molecule is CCC(C)(CNC(=O)c1ccc2c(c1)COCO2)C(C)O.